The monoisotopic (exact) mass is 339 g/mol. The smallest absolute Gasteiger partial charge is 0.233 e. The Balaban J connectivity index is 1.41. The van der Waals surface area contributed by atoms with Crippen LogP contribution < -0.4 is 10.6 Å². The fraction of sp³-hybridized carbons (Fsp3) is 0.368. The van der Waals surface area contributed by atoms with Gasteiger partial charge in [-0.3, -0.25) is 9.48 Å². The largest absolute Gasteiger partial charge is 0.361 e. The molecule has 3 rings (SSSR count). The van der Waals surface area contributed by atoms with E-state index in [4.69, 9.17) is 0 Å². The summed E-state index contributed by atoms with van der Waals surface area (Å²) in [5.74, 6) is 0.0133. The molecule has 25 heavy (non-hydrogen) atoms. The van der Waals surface area contributed by atoms with Crippen LogP contribution in [0.2, 0.25) is 0 Å². The van der Waals surface area contributed by atoms with Crippen molar-refractivity contribution in [3.8, 4) is 0 Å². The van der Waals surface area contributed by atoms with Crippen LogP contribution in [0.25, 0.3) is 10.9 Å². The number of fused-ring (bicyclic) bond motifs is 1. The lowest BCUT2D eigenvalue weighted by Crippen LogP contribution is -2.41. The number of rotatable bonds is 8. The Morgan fingerprint density at radius 2 is 2.12 bits per heavy atom. The predicted octanol–water partition coefficient (Wildman–Crippen LogP) is 2.26. The summed E-state index contributed by atoms with van der Waals surface area (Å²) < 4.78 is 1.90. The van der Waals surface area contributed by atoms with E-state index in [1.165, 1.54) is 10.9 Å². The third-order valence-electron chi connectivity index (χ3n) is 4.64. The Bertz CT molecular complexity index is 808. The van der Waals surface area contributed by atoms with Crippen molar-refractivity contribution >= 4 is 16.8 Å². The molecule has 3 aromatic rings. The molecule has 6 nitrogen and oxygen atoms in total. The predicted molar refractivity (Wildman–Crippen MR) is 99.4 cm³/mol. The van der Waals surface area contributed by atoms with Gasteiger partial charge in [-0.15, -0.1) is 0 Å². The number of para-hydroxylation sites is 1. The third kappa shape index (κ3) is 4.28. The molecule has 0 unspecified atom stereocenters. The average molecular weight is 339 g/mol. The Morgan fingerprint density at radius 3 is 2.92 bits per heavy atom. The molecule has 0 aliphatic rings. The fourth-order valence-electron chi connectivity index (χ4n) is 2.91. The first-order chi connectivity index (χ1) is 12.1. The molecule has 0 radical (unpaired) electrons. The van der Waals surface area contributed by atoms with Crippen LogP contribution in [0.4, 0.5) is 0 Å². The van der Waals surface area contributed by atoms with Crippen LogP contribution in [-0.4, -0.2) is 39.8 Å². The first-order valence-corrected chi connectivity index (χ1v) is 8.69. The standard InChI is InChI=1S/C19H25N5O/c1-14(15(2)24-11-5-9-23-24)21-13-19(25)20-10-8-16-12-22-18-7-4-3-6-17(16)18/h3-7,9,11-12,14-15,21-22H,8,10,13H2,1-2H3,(H,20,25)/t14-,15-/m0/s1. The summed E-state index contributed by atoms with van der Waals surface area (Å²) in [5.41, 5.74) is 2.36. The van der Waals surface area contributed by atoms with Crippen molar-refractivity contribution in [1.29, 1.82) is 0 Å². The normalized spacial score (nSPS) is 13.7. The van der Waals surface area contributed by atoms with Gasteiger partial charge >= 0.3 is 0 Å². The average Bonchev–Trinajstić information content (AvgIpc) is 3.29. The molecule has 6 heteroatoms. The third-order valence-corrected chi connectivity index (χ3v) is 4.64. The van der Waals surface area contributed by atoms with Crippen LogP contribution in [0, 0.1) is 0 Å². The van der Waals surface area contributed by atoms with Gasteiger partial charge in [0.15, 0.2) is 0 Å². The SMILES string of the molecule is C[C@H](NCC(=O)NCCc1c[nH]c2ccccc12)[C@H](C)n1cccn1. The molecule has 1 aromatic carbocycles. The van der Waals surface area contributed by atoms with Crippen LogP contribution >= 0.6 is 0 Å². The quantitative estimate of drug-likeness (QED) is 0.589. The lowest BCUT2D eigenvalue weighted by Gasteiger charge is -2.21. The minimum atomic E-state index is 0.0133. The number of hydrogen-bond donors (Lipinski definition) is 3. The zero-order chi connectivity index (χ0) is 17.6. The van der Waals surface area contributed by atoms with Gasteiger partial charge in [0.05, 0.1) is 12.6 Å². The first-order valence-electron chi connectivity index (χ1n) is 8.69. The Hall–Kier alpha value is -2.60. The number of carbonyl (C=O) groups excluding carboxylic acids is 1. The number of nitrogens with zero attached hydrogens (tertiary/aromatic N) is 2. The summed E-state index contributed by atoms with van der Waals surface area (Å²) >= 11 is 0. The van der Waals surface area contributed by atoms with Gasteiger partial charge in [0.1, 0.15) is 0 Å². The van der Waals surface area contributed by atoms with Crippen LogP contribution in [-0.2, 0) is 11.2 Å². The number of aromatic amines is 1. The van der Waals surface area contributed by atoms with E-state index in [-0.39, 0.29) is 18.0 Å². The van der Waals surface area contributed by atoms with E-state index in [1.807, 2.05) is 35.3 Å². The topological polar surface area (TPSA) is 74.7 Å². The van der Waals surface area contributed by atoms with Crippen molar-refractivity contribution in [2.24, 2.45) is 0 Å². The molecule has 2 aromatic heterocycles. The summed E-state index contributed by atoms with van der Waals surface area (Å²) in [6.45, 7) is 5.08. The van der Waals surface area contributed by atoms with Crippen molar-refractivity contribution in [3.63, 3.8) is 0 Å². The molecule has 1 amide bonds. The lowest BCUT2D eigenvalue weighted by atomic mass is 10.1. The maximum absolute atomic E-state index is 12.0. The van der Waals surface area contributed by atoms with Gasteiger partial charge in [0, 0.05) is 42.1 Å². The molecular weight excluding hydrogens is 314 g/mol. The number of benzene rings is 1. The number of aromatic nitrogens is 3. The fourth-order valence-corrected chi connectivity index (χ4v) is 2.91. The molecule has 0 saturated heterocycles. The maximum atomic E-state index is 12.0. The zero-order valence-corrected chi connectivity index (χ0v) is 14.7. The molecule has 0 bridgehead atoms. The summed E-state index contributed by atoms with van der Waals surface area (Å²) in [5, 5.41) is 11.7. The summed E-state index contributed by atoms with van der Waals surface area (Å²) in [6, 6.07) is 10.5. The van der Waals surface area contributed by atoms with Crippen molar-refractivity contribution in [3.05, 3.63) is 54.5 Å². The molecule has 3 N–H and O–H groups in total. The van der Waals surface area contributed by atoms with Gasteiger partial charge in [-0.1, -0.05) is 18.2 Å². The number of hydrogen-bond acceptors (Lipinski definition) is 3. The highest BCUT2D eigenvalue weighted by molar-refractivity contribution is 5.83. The summed E-state index contributed by atoms with van der Waals surface area (Å²) in [4.78, 5) is 15.3. The van der Waals surface area contributed by atoms with E-state index in [0.29, 0.717) is 13.1 Å². The van der Waals surface area contributed by atoms with Gasteiger partial charge in [0.2, 0.25) is 5.91 Å². The summed E-state index contributed by atoms with van der Waals surface area (Å²) in [6.07, 6.45) is 6.53. The molecule has 2 atom stereocenters. The van der Waals surface area contributed by atoms with E-state index in [1.54, 1.807) is 6.20 Å². The van der Waals surface area contributed by atoms with E-state index in [9.17, 15) is 4.79 Å². The van der Waals surface area contributed by atoms with E-state index in [2.05, 4.69) is 46.7 Å². The Kier molecular flexibility index (Phi) is 5.50. The van der Waals surface area contributed by atoms with E-state index in [0.717, 1.165) is 11.9 Å². The zero-order valence-electron chi connectivity index (χ0n) is 14.7. The van der Waals surface area contributed by atoms with Crippen LogP contribution in [0.15, 0.2) is 48.9 Å². The Labute approximate surface area is 147 Å². The molecular formula is C19H25N5O. The maximum Gasteiger partial charge on any atom is 0.233 e. The highest BCUT2D eigenvalue weighted by Crippen LogP contribution is 2.17. The van der Waals surface area contributed by atoms with Crippen LogP contribution in [0.3, 0.4) is 0 Å². The molecule has 0 fully saturated rings. The van der Waals surface area contributed by atoms with Crippen LogP contribution in [0.5, 0.6) is 0 Å². The van der Waals surface area contributed by atoms with Crippen molar-refractivity contribution in [2.75, 3.05) is 13.1 Å². The minimum absolute atomic E-state index is 0.0133. The molecule has 2 heterocycles. The first kappa shape index (κ1) is 17.2. The van der Waals surface area contributed by atoms with E-state index < -0.39 is 0 Å². The van der Waals surface area contributed by atoms with Crippen molar-refractivity contribution in [2.45, 2.75) is 32.4 Å². The van der Waals surface area contributed by atoms with Crippen LogP contribution in [0.1, 0.15) is 25.5 Å². The molecule has 0 aliphatic carbocycles. The number of carbonyl (C=O) groups is 1. The van der Waals surface area contributed by atoms with Gasteiger partial charge < -0.3 is 15.6 Å². The van der Waals surface area contributed by atoms with Crippen molar-refractivity contribution in [1.82, 2.24) is 25.4 Å². The molecule has 0 aliphatic heterocycles. The Morgan fingerprint density at radius 1 is 1.28 bits per heavy atom. The second kappa shape index (κ2) is 7.98. The highest BCUT2D eigenvalue weighted by Gasteiger charge is 2.14. The van der Waals surface area contributed by atoms with Gasteiger partial charge in [-0.05, 0) is 38.0 Å². The molecule has 0 saturated carbocycles. The molecule has 132 valence electrons. The minimum Gasteiger partial charge on any atom is -0.361 e. The molecule has 0 spiro atoms. The second-order valence-corrected chi connectivity index (χ2v) is 6.36. The van der Waals surface area contributed by atoms with Gasteiger partial charge in [0.25, 0.3) is 0 Å². The number of amides is 1. The lowest BCUT2D eigenvalue weighted by molar-refractivity contribution is -0.120. The van der Waals surface area contributed by atoms with E-state index >= 15 is 0 Å². The van der Waals surface area contributed by atoms with Crippen molar-refractivity contribution < 1.29 is 4.79 Å². The summed E-state index contributed by atoms with van der Waals surface area (Å²) in [7, 11) is 0. The highest BCUT2D eigenvalue weighted by atomic mass is 16.1. The number of H-pyrrole nitrogens is 1. The number of nitrogens with one attached hydrogen (secondary N) is 3. The van der Waals surface area contributed by atoms with Gasteiger partial charge in [-0.2, -0.15) is 5.10 Å². The second-order valence-electron chi connectivity index (χ2n) is 6.36. The van der Waals surface area contributed by atoms with Gasteiger partial charge in [-0.25, -0.2) is 0 Å².